The van der Waals surface area contributed by atoms with E-state index in [9.17, 15) is 13.9 Å². The summed E-state index contributed by atoms with van der Waals surface area (Å²) in [5, 5.41) is 17.6. The van der Waals surface area contributed by atoms with Crippen molar-refractivity contribution in [2.24, 2.45) is 4.99 Å². The van der Waals surface area contributed by atoms with E-state index in [0.717, 1.165) is 27.1 Å². The second kappa shape index (κ2) is 8.92. The number of hydrogen-bond acceptors (Lipinski definition) is 3. The molecule has 3 rings (SSSR count). The molecule has 0 aliphatic carbocycles. The topological polar surface area (TPSA) is 56.7 Å². The Morgan fingerprint density at radius 2 is 1.96 bits per heavy atom. The van der Waals surface area contributed by atoms with Crippen molar-refractivity contribution in [3.8, 4) is 0 Å². The Bertz CT molecular complexity index is 909. The van der Waals surface area contributed by atoms with Gasteiger partial charge in [0.15, 0.2) is 5.96 Å². The van der Waals surface area contributed by atoms with Crippen LogP contribution in [0, 0.1) is 11.6 Å². The average molecular weight is 389 g/mol. The Balaban J connectivity index is 1.50. The van der Waals surface area contributed by atoms with Crippen LogP contribution < -0.4 is 10.6 Å². The summed E-state index contributed by atoms with van der Waals surface area (Å²) in [5.41, 5.74) is 0.309. The fourth-order valence-electron chi connectivity index (χ4n) is 2.73. The minimum absolute atomic E-state index is 0.292. The van der Waals surface area contributed by atoms with E-state index in [4.69, 9.17) is 0 Å². The van der Waals surface area contributed by atoms with E-state index in [-0.39, 0.29) is 0 Å². The van der Waals surface area contributed by atoms with Gasteiger partial charge in [-0.1, -0.05) is 18.2 Å². The molecule has 0 saturated carbocycles. The van der Waals surface area contributed by atoms with Gasteiger partial charge in [-0.2, -0.15) is 0 Å². The molecule has 0 bridgehead atoms. The molecule has 3 aromatic rings. The van der Waals surface area contributed by atoms with E-state index < -0.39 is 17.7 Å². The predicted molar refractivity (Wildman–Crippen MR) is 106 cm³/mol. The zero-order valence-corrected chi connectivity index (χ0v) is 15.7. The number of nitrogens with zero attached hydrogens (tertiary/aromatic N) is 1. The van der Waals surface area contributed by atoms with Crippen LogP contribution in [0.25, 0.3) is 10.1 Å². The van der Waals surface area contributed by atoms with Gasteiger partial charge in [0.2, 0.25) is 0 Å². The van der Waals surface area contributed by atoms with E-state index >= 15 is 0 Å². The summed E-state index contributed by atoms with van der Waals surface area (Å²) >= 11 is 1.56. The minimum atomic E-state index is -0.665. The van der Waals surface area contributed by atoms with E-state index in [1.54, 1.807) is 18.4 Å². The molecule has 1 unspecified atom stereocenters. The van der Waals surface area contributed by atoms with Crippen LogP contribution in [0.2, 0.25) is 0 Å². The highest BCUT2D eigenvalue weighted by Crippen LogP contribution is 2.29. The van der Waals surface area contributed by atoms with Gasteiger partial charge < -0.3 is 15.7 Å². The molecule has 0 radical (unpaired) electrons. The first-order chi connectivity index (χ1) is 13.1. The normalized spacial score (nSPS) is 13.0. The zero-order valence-electron chi connectivity index (χ0n) is 14.9. The zero-order chi connectivity index (χ0) is 19.2. The number of aliphatic hydroxyl groups is 1. The summed E-state index contributed by atoms with van der Waals surface area (Å²) < 4.78 is 28.0. The maximum atomic E-state index is 13.6. The van der Waals surface area contributed by atoms with Gasteiger partial charge in [-0.05, 0) is 47.7 Å². The van der Waals surface area contributed by atoms with Crippen molar-refractivity contribution in [2.75, 3.05) is 20.1 Å². The molecule has 1 aromatic heterocycles. The highest BCUT2D eigenvalue weighted by atomic mass is 32.1. The van der Waals surface area contributed by atoms with E-state index in [2.05, 4.69) is 15.6 Å². The monoisotopic (exact) mass is 389 g/mol. The van der Waals surface area contributed by atoms with Crippen molar-refractivity contribution >= 4 is 27.4 Å². The first kappa shape index (κ1) is 19.3. The number of fused-ring (bicyclic) bond motifs is 1. The molecule has 0 saturated heterocycles. The largest absolute Gasteiger partial charge is 0.386 e. The summed E-state index contributed by atoms with van der Waals surface area (Å²) in [7, 11) is 1.62. The molecule has 142 valence electrons. The Morgan fingerprint density at radius 1 is 1.15 bits per heavy atom. The second-order valence-electron chi connectivity index (χ2n) is 6.07. The third-order valence-electron chi connectivity index (χ3n) is 4.15. The highest BCUT2D eigenvalue weighted by Gasteiger charge is 2.12. The van der Waals surface area contributed by atoms with Crippen LogP contribution in [0.15, 0.2) is 53.5 Å². The summed E-state index contributed by atoms with van der Waals surface area (Å²) in [5.74, 6) is -0.395. The fraction of sp³-hybridized carbons (Fsp3) is 0.250. The van der Waals surface area contributed by atoms with Gasteiger partial charge in [-0.3, -0.25) is 4.99 Å². The van der Waals surface area contributed by atoms with E-state index in [1.165, 1.54) is 6.07 Å². The van der Waals surface area contributed by atoms with Crippen LogP contribution in [-0.2, 0) is 6.42 Å². The molecule has 2 aromatic carbocycles. The Morgan fingerprint density at radius 3 is 2.74 bits per heavy atom. The van der Waals surface area contributed by atoms with Crippen molar-refractivity contribution in [3.63, 3.8) is 0 Å². The Labute approximate surface area is 160 Å². The molecule has 27 heavy (non-hydrogen) atoms. The first-order valence-corrected chi connectivity index (χ1v) is 9.43. The van der Waals surface area contributed by atoms with Crippen molar-refractivity contribution in [1.82, 2.24) is 10.6 Å². The third-order valence-corrected chi connectivity index (χ3v) is 5.37. The van der Waals surface area contributed by atoms with Crippen LogP contribution in [0.3, 0.4) is 0 Å². The lowest BCUT2D eigenvalue weighted by Gasteiger charge is -2.14. The number of nitrogens with one attached hydrogen (secondary N) is 2. The van der Waals surface area contributed by atoms with E-state index in [0.29, 0.717) is 31.0 Å². The van der Waals surface area contributed by atoms with Gasteiger partial charge in [0.05, 0.1) is 0 Å². The minimum Gasteiger partial charge on any atom is -0.386 e. The maximum absolute atomic E-state index is 13.6. The molecular weight excluding hydrogens is 368 g/mol. The Hall–Kier alpha value is -2.51. The lowest BCUT2D eigenvalue weighted by molar-refractivity contribution is 0.184. The second-order valence-corrected chi connectivity index (χ2v) is 7.18. The number of rotatable bonds is 6. The van der Waals surface area contributed by atoms with Crippen LogP contribution in [0.5, 0.6) is 0 Å². The molecule has 4 nitrogen and oxygen atoms in total. The Kier molecular flexibility index (Phi) is 6.36. The van der Waals surface area contributed by atoms with Gasteiger partial charge in [0.25, 0.3) is 0 Å². The van der Waals surface area contributed by atoms with Gasteiger partial charge in [-0.25, -0.2) is 8.78 Å². The molecule has 0 spiro atoms. The van der Waals surface area contributed by atoms with Crippen LogP contribution in [0.4, 0.5) is 8.78 Å². The maximum Gasteiger partial charge on any atom is 0.191 e. The van der Waals surface area contributed by atoms with Crippen molar-refractivity contribution in [3.05, 3.63) is 70.6 Å². The fourth-order valence-corrected chi connectivity index (χ4v) is 3.78. The number of benzene rings is 2. The van der Waals surface area contributed by atoms with Crippen molar-refractivity contribution < 1.29 is 13.9 Å². The third kappa shape index (κ3) is 5.02. The van der Waals surface area contributed by atoms with E-state index in [1.807, 2.05) is 30.3 Å². The quantitative estimate of drug-likeness (QED) is 0.446. The predicted octanol–water partition coefficient (Wildman–Crippen LogP) is 3.62. The highest BCUT2D eigenvalue weighted by molar-refractivity contribution is 7.19. The number of hydrogen-bond donors (Lipinski definition) is 3. The standard InChI is InChI=1S/C20H21F2N3OS/c1-23-20(24-9-8-13-10-15(21)6-7-16(13)22)25-12-17(26)19-11-14-4-2-3-5-18(14)27-19/h2-7,10-11,17,26H,8-9,12H2,1H3,(H2,23,24,25). The molecule has 0 amide bonds. The molecule has 0 aliphatic heterocycles. The lowest BCUT2D eigenvalue weighted by atomic mass is 10.1. The number of halogens is 2. The average Bonchev–Trinajstić information content (AvgIpc) is 3.11. The molecule has 0 aliphatic rings. The molecule has 7 heteroatoms. The van der Waals surface area contributed by atoms with Crippen LogP contribution in [0.1, 0.15) is 16.5 Å². The summed E-state index contributed by atoms with van der Waals surface area (Å²) in [6.07, 6.45) is -0.343. The number of aliphatic imine (C=N–C) groups is 1. The van der Waals surface area contributed by atoms with Gasteiger partial charge in [-0.15, -0.1) is 11.3 Å². The van der Waals surface area contributed by atoms with Crippen LogP contribution in [-0.4, -0.2) is 31.2 Å². The molecule has 1 heterocycles. The molecule has 3 N–H and O–H groups in total. The number of guanidine groups is 1. The summed E-state index contributed by atoms with van der Waals surface area (Å²) in [6, 6.07) is 13.4. The summed E-state index contributed by atoms with van der Waals surface area (Å²) in [4.78, 5) is 4.96. The first-order valence-electron chi connectivity index (χ1n) is 8.62. The molecule has 0 fully saturated rings. The van der Waals surface area contributed by atoms with Gasteiger partial charge >= 0.3 is 0 Å². The number of aliphatic hydroxyl groups excluding tert-OH is 1. The van der Waals surface area contributed by atoms with Crippen molar-refractivity contribution in [1.29, 1.82) is 0 Å². The van der Waals surface area contributed by atoms with Crippen molar-refractivity contribution in [2.45, 2.75) is 12.5 Å². The van der Waals surface area contributed by atoms with Gasteiger partial charge in [0.1, 0.15) is 17.7 Å². The summed E-state index contributed by atoms with van der Waals surface area (Å²) in [6.45, 7) is 0.680. The smallest absolute Gasteiger partial charge is 0.191 e. The lowest BCUT2D eigenvalue weighted by Crippen LogP contribution is -2.40. The van der Waals surface area contributed by atoms with Crippen LogP contribution >= 0.6 is 11.3 Å². The number of thiophene rings is 1. The molecule has 1 atom stereocenters. The SMILES string of the molecule is CN=C(NCCc1cc(F)ccc1F)NCC(O)c1cc2ccccc2s1. The van der Waals surface area contributed by atoms with Gasteiger partial charge in [0, 0.05) is 29.7 Å². The molecular formula is C20H21F2N3OS.